The summed E-state index contributed by atoms with van der Waals surface area (Å²) >= 11 is 5.79. The third-order valence-electron chi connectivity index (χ3n) is 3.45. The Morgan fingerprint density at radius 2 is 2.04 bits per heavy atom. The van der Waals surface area contributed by atoms with Crippen molar-refractivity contribution in [3.8, 4) is 5.75 Å². The fraction of sp³-hybridized carbons (Fsp3) is 0.471. The molecule has 0 bridgehead atoms. The molecule has 0 aromatic heterocycles. The van der Waals surface area contributed by atoms with Crippen molar-refractivity contribution in [2.45, 2.75) is 32.8 Å². The Hall–Kier alpha value is -1.75. The SMILES string of the molecule is COc1cc(Cl)c(F)cc1C1=CCN(C(=O)OC(C)(C)C)CC1. The Kier molecular flexibility index (Phi) is 5.19. The zero-order valence-electron chi connectivity index (χ0n) is 13.8. The highest BCUT2D eigenvalue weighted by Crippen LogP contribution is 2.34. The summed E-state index contributed by atoms with van der Waals surface area (Å²) in [6, 6.07) is 2.84. The van der Waals surface area contributed by atoms with Crippen molar-refractivity contribution in [1.82, 2.24) is 4.90 Å². The van der Waals surface area contributed by atoms with E-state index in [9.17, 15) is 9.18 Å². The number of hydrogen-bond acceptors (Lipinski definition) is 3. The largest absolute Gasteiger partial charge is 0.496 e. The van der Waals surface area contributed by atoms with Crippen LogP contribution in [0, 0.1) is 5.82 Å². The van der Waals surface area contributed by atoms with Gasteiger partial charge in [-0.1, -0.05) is 17.7 Å². The number of hydrogen-bond donors (Lipinski definition) is 0. The van der Waals surface area contributed by atoms with E-state index in [-0.39, 0.29) is 11.1 Å². The number of carbonyl (C=O) groups is 1. The second-order valence-corrected chi connectivity index (χ2v) is 6.78. The van der Waals surface area contributed by atoms with Crippen LogP contribution < -0.4 is 4.74 Å². The van der Waals surface area contributed by atoms with Crippen molar-refractivity contribution < 1.29 is 18.7 Å². The highest BCUT2D eigenvalue weighted by Gasteiger charge is 2.25. The van der Waals surface area contributed by atoms with Gasteiger partial charge in [-0.15, -0.1) is 0 Å². The third-order valence-corrected chi connectivity index (χ3v) is 3.74. The van der Waals surface area contributed by atoms with Crippen LogP contribution in [0.4, 0.5) is 9.18 Å². The van der Waals surface area contributed by atoms with E-state index in [1.54, 1.807) is 4.90 Å². The molecule has 1 heterocycles. The molecule has 6 heteroatoms. The first-order chi connectivity index (χ1) is 10.7. The van der Waals surface area contributed by atoms with E-state index in [0.717, 1.165) is 5.57 Å². The molecule has 1 amide bonds. The number of halogens is 2. The van der Waals surface area contributed by atoms with Gasteiger partial charge in [0.25, 0.3) is 0 Å². The molecule has 126 valence electrons. The average Bonchev–Trinajstić information content (AvgIpc) is 2.48. The molecule has 1 aliphatic rings. The summed E-state index contributed by atoms with van der Waals surface area (Å²) in [5, 5.41) is 0.0254. The predicted molar refractivity (Wildman–Crippen MR) is 88.4 cm³/mol. The van der Waals surface area contributed by atoms with Crippen LogP contribution in [0.2, 0.25) is 5.02 Å². The normalized spacial score (nSPS) is 15.2. The van der Waals surface area contributed by atoms with Gasteiger partial charge in [-0.05, 0) is 38.8 Å². The second-order valence-electron chi connectivity index (χ2n) is 6.37. The molecule has 2 rings (SSSR count). The number of carbonyl (C=O) groups excluding carboxylic acids is 1. The number of amides is 1. The predicted octanol–water partition coefficient (Wildman–Crippen LogP) is 4.51. The van der Waals surface area contributed by atoms with Crippen molar-refractivity contribution in [3.05, 3.63) is 34.6 Å². The minimum atomic E-state index is -0.524. The number of nitrogens with zero attached hydrogens (tertiary/aromatic N) is 1. The van der Waals surface area contributed by atoms with Gasteiger partial charge >= 0.3 is 6.09 Å². The number of rotatable bonds is 2. The van der Waals surface area contributed by atoms with Gasteiger partial charge in [-0.2, -0.15) is 0 Å². The summed E-state index contributed by atoms with van der Waals surface area (Å²) in [5.74, 6) is 0.0336. The van der Waals surface area contributed by atoms with Crippen LogP contribution >= 0.6 is 11.6 Å². The smallest absolute Gasteiger partial charge is 0.410 e. The molecule has 0 fully saturated rings. The summed E-state index contributed by atoms with van der Waals surface area (Å²) in [7, 11) is 1.52. The quantitative estimate of drug-likeness (QED) is 0.794. The van der Waals surface area contributed by atoms with Gasteiger partial charge in [0.15, 0.2) is 0 Å². The van der Waals surface area contributed by atoms with Gasteiger partial charge < -0.3 is 14.4 Å². The van der Waals surface area contributed by atoms with Crippen LogP contribution in [0.15, 0.2) is 18.2 Å². The Labute approximate surface area is 140 Å². The zero-order valence-corrected chi connectivity index (χ0v) is 14.5. The van der Waals surface area contributed by atoms with Gasteiger partial charge in [0.2, 0.25) is 0 Å². The van der Waals surface area contributed by atoms with E-state index < -0.39 is 11.4 Å². The van der Waals surface area contributed by atoms with E-state index in [4.69, 9.17) is 21.1 Å². The van der Waals surface area contributed by atoms with Gasteiger partial charge in [0, 0.05) is 24.7 Å². The van der Waals surface area contributed by atoms with Crippen LogP contribution in [-0.4, -0.2) is 36.8 Å². The molecule has 0 unspecified atom stereocenters. The maximum absolute atomic E-state index is 13.7. The van der Waals surface area contributed by atoms with Crippen LogP contribution in [0.25, 0.3) is 5.57 Å². The minimum Gasteiger partial charge on any atom is -0.496 e. The summed E-state index contributed by atoms with van der Waals surface area (Å²) < 4.78 is 24.4. The molecule has 0 aliphatic carbocycles. The zero-order chi connectivity index (χ0) is 17.2. The third kappa shape index (κ3) is 4.38. The molecule has 0 N–H and O–H groups in total. The Morgan fingerprint density at radius 1 is 1.35 bits per heavy atom. The molecular formula is C17H21ClFNO3. The van der Waals surface area contributed by atoms with Crippen molar-refractivity contribution in [2.75, 3.05) is 20.2 Å². The first kappa shape index (κ1) is 17.6. The molecule has 23 heavy (non-hydrogen) atoms. The Bertz CT molecular complexity index is 637. The molecule has 0 spiro atoms. The van der Waals surface area contributed by atoms with E-state index >= 15 is 0 Å². The summed E-state index contributed by atoms with van der Waals surface area (Å²) in [5.41, 5.74) is 1.07. The monoisotopic (exact) mass is 341 g/mol. The molecule has 0 saturated heterocycles. The van der Waals surface area contributed by atoms with Crippen LogP contribution in [-0.2, 0) is 4.74 Å². The number of ether oxygens (including phenoxy) is 2. The fourth-order valence-electron chi connectivity index (χ4n) is 2.35. The summed E-state index contributed by atoms with van der Waals surface area (Å²) in [6.07, 6.45) is 2.14. The maximum atomic E-state index is 13.7. The van der Waals surface area contributed by atoms with E-state index in [1.807, 2.05) is 26.8 Å². The lowest BCUT2D eigenvalue weighted by Crippen LogP contribution is -2.39. The molecule has 0 saturated carbocycles. The van der Waals surface area contributed by atoms with Crippen molar-refractivity contribution in [1.29, 1.82) is 0 Å². The average molecular weight is 342 g/mol. The standard InChI is InChI=1S/C17H21ClFNO3/c1-17(2,3)23-16(21)20-7-5-11(6-8-20)12-9-14(19)13(18)10-15(12)22-4/h5,9-10H,6-8H2,1-4H3. The molecule has 0 radical (unpaired) electrons. The van der Waals surface area contributed by atoms with E-state index in [0.29, 0.717) is 30.8 Å². The van der Waals surface area contributed by atoms with Gasteiger partial charge in [0.05, 0.1) is 12.1 Å². The Balaban J connectivity index is 2.16. The van der Waals surface area contributed by atoms with Crippen LogP contribution in [0.3, 0.4) is 0 Å². The van der Waals surface area contributed by atoms with Gasteiger partial charge in [-0.3, -0.25) is 0 Å². The summed E-state index contributed by atoms with van der Waals surface area (Å²) in [4.78, 5) is 13.7. The molecule has 1 aromatic carbocycles. The number of benzene rings is 1. The lowest BCUT2D eigenvalue weighted by Gasteiger charge is -2.30. The van der Waals surface area contributed by atoms with Crippen LogP contribution in [0.5, 0.6) is 5.75 Å². The highest BCUT2D eigenvalue weighted by molar-refractivity contribution is 6.31. The van der Waals surface area contributed by atoms with Crippen molar-refractivity contribution in [3.63, 3.8) is 0 Å². The topological polar surface area (TPSA) is 38.8 Å². The molecule has 1 aromatic rings. The maximum Gasteiger partial charge on any atom is 0.410 e. The van der Waals surface area contributed by atoms with E-state index in [1.165, 1.54) is 19.2 Å². The van der Waals surface area contributed by atoms with Gasteiger partial charge in [-0.25, -0.2) is 9.18 Å². The van der Waals surface area contributed by atoms with Crippen molar-refractivity contribution >= 4 is 23.3 Å². The minimum absolute atomic E-state index is 0.0254. The Morgan fingerprint density at radius 3 is 2.57 bits per heavy atom. The molecular weight excluding hydrogens is 321 g/mol. The first-order valence-corrected chi connectivity index (χ1v) is 7.79. The molecule has 1 aliphatic heterocycles. The molecule has 0 atom stereocenters. The number of methoxy groups -OCH3 is 1. The highest BCUT2D eigenvalue weighted by atomic mass is 35.5. The first-order valence-electron chi connectivity index (χ1n) is 7.41. The molecule has 4 nitrogen and oxygen atoms in total. The van der Waals surface area contributed by atoms with Gasteiger partial charge in [0.1, 0.15) is 17.2 Å². The van der Waals surface area contributed by atoms with Crippen LogP contribution in [0.1, 0.15) is 32.8 Å². The second kappa shape index (κ2) is 6.79. The lowest BCUT2D eigenvalue weighted by atomic mass is 9.98. The fourth-order valence-corrected chi connectivity index (χ4v) is 2.51. The van der Waals surface area contributed by atoms with E-state index in [2.05, 4.69) is 0 Å². The lowest BCUT2D eigenvalue weighted by molar-refractivity contribution is 0.0270. The summed E-state index contributed by atoms with van der Waals surface area (Å²) in [6.45, 7) is 6.41. The van der Waals surface area contributed by atoms with Crippen molar-refractivity contribution in [2.24, 2.45) is 0 Å².